The Morgan fingerprint density at radius 2 is 2.29 bits per heavy atom. The Kier molecular flexibility index (Phi) is 1.53. The van der Waals surface area contributed by atoms with Crippen LogP contribution >= 0.6 is 0 Å². The van der Waals surface area contributed by atoms with Gasteiger partial charge in [-0.1, -0.05) is 6.07 Å². The van der Waals surface area contributed by atoms with Crippen molar-refractivity contribution >= 4 is 10.9 Å². The van der Waals surface area contributed by atoms with Gasteiger partial charge in [-0.2, -0.15) is 0 Å². The lowest BCUT2D eigenvalue weighted by Crippen LogP contribution is -1.96. The van der Waals surface area contributed by atoms with Crippen LogP contribution in [0.5, 0.6) is 5.75 Å². The van der Waals surface area contributed by atoms with Gasteiger partial charge in [0.25, 0.3) is 0 Å². The highest BCUT2D eigenvalue weighted by Crippen LogP contribution is 2.27. The van der Waals surface area contributed by atoms with Crippen molar-refractivity contribution in [3.8, 4) is 5.75 Å². The van der Waals surface area contributed by atoms with Crippen LogP contribution in [0.1, 0.15) is 5.56 Å². The van der Waals surface area contributed by atoms with Crippen molar-refractivity contribution in [2.45, 2.75) is 6.42 Å². The molecule has 0 N–H and O–H groups in total. The summed E-state index contributed by atoms with van der Waals surface area (Å²) in [6.45, 7) is 0. The number of benzene rings is 1. The number of ether oxygens (including phenoxy) is 1. The van der Waals surface area contributed by atoms with Crippen molar-refractivity contribution < 1.29 is 4.74 Å². The molecule has 2 aromatic rings. The molecule has 68 valence electrons. The Bertz CT molecular complexity index is 470. The van der Waals surface area contributed by atoms with Crippen LogP contribution in [-0.2, 0) is 6.42 Å². The van der Waals surface area contributed by atoms with Gasteiger partial charge < -0.3 is 4.74 Å². The number of allylic oxidation sites excluding steroid dienone is 1. The summed E-state index contributed by atoms with van der Waals surface area (Å²) in [5, 5.41) is 1.17. The second kappa shape index (κ2) is 2.84. The molecule has 2 heterocycles. The number of aromatic nitrogens is 1. The third-order valence-corrected chi connectivity index (χ3v) is 2.41. The number of hydrogen-bond acceptors (Lipinski definition) is 2. The largest absolute Gasteiger partial charge is 0.465 e. The molecule has 0 radical (unpaired) electrons. The van der Waals surface area contributed by atoms with Gasteiger partial charge in [0.15, 0.2) is 0 Å². The minimum Gasteiger partial charge on any atom is -0.465 e. The SMILES string of the molecule is C1=COc2cc3ncccc3cc2C1. The Balaban J connectivity index is 2.30. The average Bonchev–Trinajstić information content (AvgIpc) is 2.26. The molecule has 1 aliphatic heterocycles. The maximum atomic E-state index is 5.41. The van der Waals surface area contributed by atoms with Crippen LogP contribution < -0.4 is 4.74 Å². The summed E-state index contributed by atoms with van der Waals surface area (Å²) < 4.78 is 5.41. The Hall–Kier alpha value is -1.83. The van der Waals surface area contributed by atoms with Crippen LogP contribution in [0.15, 0.2) is 42.8 Å². The normalized spacial score (nSPS) is 13.7. The van der Waals surface area contributed by atoms with E-state index in [0.29, 0.717) is 0 Å². The topological polar surface area (TPSA) is 22.1 Å². The first-order valence-corrected chi connectivity index (χ1v) is 4.63. The Labute approximate surface area is 81.8 Å². The van der Waals surface area contributed by atoms with Crippen LogP contribution in [0.2, 0.25) is 0 Å². The monoisotopic (exact) mass is 183 g/mol. The van der Waals surface area contributed by atoms with E-state index in [1.165, 1.54) is 10.9 Å². The van der Waals surface area contributed by atoms with Gasteiger partial charge in [0, 0.05) is 17.6 Å². The molecule has 0 fully saturated rings. The smallest absolute Gasteiger partial charge is 0.132 e. The highest BCUT2D eigenvalue weighted by Gasteiger charge is 2.07. The zero-order valence-electron chi connectivity index (χ0n) is 7.60. The maximum Gasteiger partial charge on any atom is 0.132 e. The summed E-state index contributed by atoms with van der Waals surface area (Å²) in [6, 6.07) is 8.16. The van der Waals surface area contributed by atoms with E-state index < -0.39 is 0 Å². The van der Waals surface area contributed by atoms with Gasteiger partial charge in [0.2, 0.25) is 0 Å². The molecule has 0 atom stereocenters. The molecule has 0 spiro atoms. The van der Waals surface area contributed by atoms with Crippen molar-refractivity contribution in [3.05, 3.63) is 48.4 Å². The van der Waals surface area contributed by atoms with Crippen LogP contribution in [0, 0.1) is 0 Å². The van der Waals surface area contributed by atoms with E-state index in [4.69, 9.17) is 4.74 Å². The average molecular weight is 183 g/mol. The molecule has 1 aliphatic rings. The van der Waals surface area contributed by atoms with E-state index in [1.54, 1.807) is 12.5 Å². The van der Waals surface area contributed by atoms with Crippen LogP contribution in [0.3, 0.4) is 0 Å². The predicted molar refractivity (Wildman–Crippen MR) is 55.2 cm³/mol. The minimum absolute atomic E-state index is 0.929. The van der Waals surface area contributed by atoms with Gasteiger partial charge in [0.1, 0.15) is 5.75 Å². The predicted octanol–water partition coefficient (Wildman–Crippen LogP) is 2.68. The summed E-state index contributed by atoms with van der Waals surface area (Å²) in [5.74, 6) is 0.929. The third kappa shape index (κ3) is 1.08. The van der Waals surface area contributed by atoms with Crippen molar-refractivity contribution in [2.75, 3.05) is 0 Å². The summed E-state index contributed by atoms with van der Waals surface area (Å²) in [4.78, 5) is 4.29. The molecule has 0 bridgehead atoms. The maximum absolute atomic E-state index is 5.41. The first-order valence-electron chi connectivity index (χ1n) is 4.63. The van der Waals surface area contributed by atoms with Gasteiger partial charge in [-0.05, 0) is 30.2 Å². The van der Waals surface area contributed by atoms with Crippen molar-refractivity contribution in [1.82, 2.24) is 4.98 Å². The van der Waals surface area contributed by atoms with Gasteiger partial charge in [-0.25, -0.2) is 0 Å². The number of pyridine rings is 1. The Morgan fingerprint density at radius 1 is 1.29 bits per heavy atom. The van der Waals surface area contributed by atoms with Crippen LogP contribution in [0.25, 0.3) is 10.9 Å². The lowest BCUT2D eigenvalue weighted by Gasteiger charge is -2.12. The molecule has 2 nitrogen and oxygen atoms in total. The van der Waals surface area contributed by atoms with Gasteiger partial charge in [-0.3, -0.25) is 4.98 Å². The van der Waals surface area contributed by atoms with Gasteiger partial charge in [0.05, 0.1) is 11.8 Å². The standard InChI is InChI=1S/C12H9NO/c1-3-9-7-10-4-2-6-14-12(10)8-11(9)13-5-1/h1-3,5-8H,4H2. The third-order valence-electron chi connectivity index (χ3n) is 2.41. The first-order chi connectivity index (χ1) is 6.93. The minimum atomic E-state index is 0.929. The molecule has 0 amide bonds. The van der Waals surface area contributed by atoms with E-state index in [9.17, 15) is 0 Å². The van der Waals surface area contributed by atoms with Crippen molar-refractivity contribution in [3.63, 3.8) is 0 Å². The van der Waals surface area contributed by atoms with E-state index in [2.05, 4.69) is 17.1 Å². The fourth-order valence-corrected chi connectivity index (χ4v) is 1.71. The fourth-order valence-electron chi connectivity index (χ4n) is 1.71. The van der Waals surface area contributed by atoms with Crippen LogP contribution in [-0.4, -0.2) is 4.98 Å². The summed E-state index contributed by atoms with van der Waals surface area (Å²) >= 11 is 0. The van der Waals surface area contributed by atoms with Gasteiger partial charge >= 0.3 is 0 Å². The molecule has 3 rings (SSSR count). The summed E-state index contributed by atoms with van der Waals surface area (Å²) in [7, 11) is 0. The highest BCUT2D eigenvalue weighted by molar-refractivity contribution is 5.81. The second-order valence-corrected chi connectivity index (χ2v) is 3.35. The summed E-state index contributed by atoms with van der Waals surface area (Å²) in [5.41, 5.74) is 2.22. The quantitative estimate of drug-likeness (QED) is 0.626. The highest BCUT2D eigenvalue weighted by atomic mass is 16.5. The Morgan fingerprint density at radius 3 is 3.29 bits per heavy atom. The second-order valence-electron chi connectivity index (χ2n) is 3.35. The van der Waals surface area contributed by atoms with Crippen molar-refractivity contribution in [2.24, 2.45) is 0 Å². The molecular weight excluding hydrogens is 174 g/mol. The van der Waals surface area contributed by atoms with E-state index >= 15 is 0 Å². The van der Waals surface area contributed by atoms with E-state index in [-0.39, 0.29) is 0 Å². The molecule has 0 saturated carbocycles. The lowest BCUT2D eigenvalue weighted by atomic mass is 10.1. The molecule has 14 heavy (non-hydrogen) atoms. The number of fused-ring (bicyclic) bond motifs is 2. The number of rotatable bonds is 0. The lowest BCUT2D eigenvalue weighted by molar-refractivity contribution is 0.465. The fraction of sp³-hybridized carbons (Fsp3) is 0.0833. The number of hydrogen-bond donors (Lipinski definition) is 0. The van der Waals surface area contributed by atoms with E-state index in [1.807, 2.05) is 18.2 Å². The summed E-state index contributed by atoms with van der Waals surface area (Å²) in [6.07, 6.45) is 6.50. The van der Waals surface area contributed by atoms with E-state index in [0.717, 1.165) is 17.7 Å². The number of nitrogens with zero attached hydrogens (tertiary/aromatic N) is 1. The van der Waals surface area contributed by atoms with Crippen LogP contribution in [0.4, 0.5) is 0 Å². The molecule has 0 unspecified atom stereocenters. The first kappa shape index (κ1) is 7.56. The zero-order valence-corrected chi connectivity index (χ0v) is 7.60. The molecule has 0 aliphatic carbocycles. The molecule has 1 aromatic carbocycles. The molecule has 2 heteroatoms. The zero-order chi connectivity index (χ0) is 9.38. The molecule has 0 saturated heterocycles. The van der Waals surface area contributed by atoms with Crippen molar-refractivity contribution in [1.29, 1.82) is 0 Å². The molecule has 1 aromatic heterocycles. The van der Waals surface area contributed by atoms with Gasteiger partial charge in [-0.15, -0.1) is 0 Å². The molecular formula is C12H9NO.